The van der Waals surface area contributed by atoms with Crippen molar-refractivity contribution in [1.82, 2.24) is 9.62 Å². The van der Waals surface area contributed by atoms with Crippen LogP contribution in [-0.4, -0.2) is 44.9 Å². The second kappa shape index (κ2) is 9.92. The van der Waals surface area contributed by atoms with E-state index in [-0.39, 0.29) is 11.9 Å². The maximum Gasteiger partial charge on any atom is 0.243 e. The van der Waals surface area contributed by atoms with Crippen molar-refractivity contribution in [2.24, 2.45) is 0 Å². The molecule has 2 aromatic rings. The Morgan fingerprint density at radius 2 is 1.72 bits per heavy atom. The Morgan fingerprint density at radius 3 is 2.41 bits per heavy atom. The number of carbonyl (C=O) groups excluding carboxylic acids is 1. The summed E-state index contributed by atoms with van der Waals surface area (Å²) in [5.41, 5.74) is 1.93. The van der Waals surface area contributed by atoms with Gasteiger partial charge in [-0.2, -0.15) is 4.31 Å². The molecule has 0 aliphatic carbocycles. The second-order valence-corrected chi connectivity index (χ2v) is 10.1. The molecule has 1 atom stereocenters. The lowest BCUT2D eigenvalue weighted by atomic mass is 10.0. The third-order valence-corrected chi connectivity index (χ3v) is 7.89. The largest absolute Gasteiger partial charge is 0.486 e. The normalized spacial score (nSPS) is 17.2. The van der Waals surface area contributed by atoms with Gasteiger partial charge in [0.1, 0.15) is 13.2 Å². The van der Waals surface area contributed by atoms with Gasteiger partial charge in [0.25, 0.3) is 0 Å². The number of hydrogen-bond acceptors (Lipinski definition) is 5. The number of amides is 1. The fourth-order valence-electron chi connectivity index (χ4n) is 4.13. The summed E-state index contributed by atoms with van der Waals surface area (Å²) in [5, 5.41) is 3.09. The van der Waals surface area contributed by atoms with E-state index < -0.39 is 10.0 Å². The Bertz CT molecular complexity index is 1050. The van der Waals surface area contributed by atoms with Gasteiger partial charge in [-0.05, 0) is 61.1 Å². The number of benzene rings is 2. The predicted molar refractivity (Wildman–Crippen MR) is 121 cm³/mol. The van der Waals surface area contributed by atoms with Crippen molar-refractivity contribution in [3.05, 3.63) is 53.6 Å². The molecule has 0 aromatic heterocycles. The molecule has 1 amide bonds. The molecule has 2 aliphatic rings. The molecule has 0 spiro atoms. The number of carbonyl (C=O) groups is 1. The maximum atomic E-state index is 12.6. The summed E-state index contributed by atoms with van der Waals surface area (Å²) in [6.45, 7) is 4.28. The molecule has 2 aromatic carbocycles. The Hall–Kier alpha value is -2.58. The Morgan fingerprint density at radius 1 is 1.03 bits per heavy atom. The topological polar surface area (TPSA) is 84.9 Å². The molecule has 1 N–H and O–H groups in total. The van der Waals surface area contributed by atoms with E-state index in [1.807, 2.05) is 25.1 Å². The van der Waals surface area contributed by atoms with Crippen LogP contribution in [-0.2, 0) is 21.2 Å². The predicted octanol–water partition coefficient (Wildman–Crippen LogP) is 3.44. The van der Waals surface area contributed by atoms with Crippen LogP contribution in [0.15, 0.2) is 47.4 Å². The molecule has 2 aliphatic heterocycles. The quantitative estimate of drug-likeness (QED) is 0.655. The third-order valence-electron chi connectivity index (χ3n) is 5.98. The smallest absolute Gasteiger partial charge is 0.243 e. The fraction of sp³-hybridized carbons (Fsp3) is 0.458. The minimum Gasteiger partial charge on any atom is -0.486 e. The van der Waals surface area contributed by atoms with Crippen molar-refractivity contribution in [3.8, 4) is 11.5 Å². The summed E-state index contributed by atoms with van der Waals surface area (Å²) in [6.07, 6.45) is 3.47. The first kappa shape index (κ1) is 22.6. The van der Waals surface area contributed by atoms with Crippen LogP contribution < -0.4 is 14.8 Å². The maximum absolute atomic E-state index is 12.6. The number of hydrogen-bond donors (Lipinski definition) is 1. The minimum atomic E-state index is -3.41. The molecule has 0 radical (unpaired) electrons. The second-order valence-electron chi connectivity index (χ2n) is 8.19. The lowest BCUT2D eigenvalue weighted by molar-refractivity contribution is -0.121. The van der Waals surface area contributed by atoms with Crippen molar-refractivity contribution in [3.63, 3.8) is 0 Å². The van der Waals surface area contributed by atoms with Gasteiger partial charge in [0, 0.05) is 19.5 Å². The van der Waals surface area contributed by atoms with Crippen molar-refractivity contribution < 1.29 is 22.7 Å². The Labute approximate surface area is 189 Å². The zero-order chi connectivity index (χ0) is 22.6. The molecule has 2 heterocycles. The zero-order valence-corrected chi connectivity index (χ0v) is 19.2. The van der Waals surface area contributed by atoms with E-state index in [1.54, 1.807) is 24.3 Å². The first-order valence-electron chi connectivity index (χ1n) is 11.3. The molecule has 32 heavy (non-hydrogen) atoms. The molecule has 1 fully saturated rings. The monoisotopic (exact) mass is 458 g/mol. The summed E-state index contributed by atoms with van der Waals surface area (Å²) >= 11 is 0. The standard InChI is InChI=1S/C24H30N2O5S/c1-2-21(19-8-11-22-23(17-19)31-16-15-30-22)25-24(27)12-7-18-5-9-20(10-6-18)32(28,29)26-13-3-4-14-26/h5-6,8-11,17,21H,2-4,7,12-16H2,1H3,(H,25,27). The van der Waals surface area contributed by atoms with E-state index in [9.17, 15) is 13.2 Å². The van der Waals surface area contributed by atoms with Crippen LogP contribution in [0, 0.1) is 0 Å². The fourth-order valence-corrected chi connectivity index (χ4v) is 5.64. The number of fused-ring (bicyclic) bond motifs is 1. The SMILES string of the molecule is CCC(NC(=O)CCc1ccc(S(=O)(=O)N2CCCC2)cc1)c1ccc2c(c1)OCCO2. The lowest BCUT2D eigenvalue weighted by Gasteiger charge is -2.22. The molecule has 4 rings (SSSR count). The summed E-state index contributed by atoms with van der Waals surface area (Å²) < 4.78 is 38.0. The van der Waals surface area contributed by atoms with Crippen molar-refractivity contribution >= 4 is 15.9 Å². The summed E-state index contributed by atoms with van der Waals surface area (Å²) in [5.74, 6) is 1.40. The van der Waals surface area contributed by atoms with Gasteiger partial charge < -0.3 is 14.8 Å². The highest BCUT2D eigenvalue weighted by atomic mass is 32.2. The van der Waals surface area contributed by atoms with E-state index in [1.165, 1.54) is 4.31 Å². The summed E-state index contributed by atoms with van der Waals surface area (Å²) in [7, 11) is -3.41. The summed E-state index contributed by atoms with van der Waals surface area (Å²) in [6, 6.07) is 12.6. The van der Waals surface area contributed by atoms with Gasteiger partial charge in [0.15, 0.2) is 11.5 Å². The molecule has 1 saturated heterocycles. The molecule has 1 unspecified atom stereocenters. The van der Waals surface area contributed by atoms with Gasteiger partial charge in [-0.3, -0.25) is 4.79 Å². The first-order chi connectivity index (χ1) is 15.5. The van der Waals surface area contributed by atoms with Crippen LogP contribution in [0.2, 0.25) is 0 Å². The highest BCUT2D eigenvalue weighted by Crippen LogP contribution is 2.33. The van der Waals surface area contributed by atoms with E-state index >= 15 is 0 Å². The number of rotatable bonds is 8. The van der Waals surface area contributed by atoms with E-state index in [0.717, 1.165) is 36.1 Å². The van der Waals surface area contributed by atoms with Gasteiger partial charge in [-0.15, -0.1) is 0 Å². The Kier molecular flexibility index (Phi) is 7.01. The number of nitrogens with zero attached hydrogens (tertiary/aromatic N) is 1. The highest BCUT2D eigenvalue weighted by molar-refractivity contribution is 7.89. The van der Waals surface area contributed by atoms with Crippen LogP contribution in [0.5, 0.6) is 11.5 Å². The highest BCUT2D eigenvalue weighted by Gasteiger charge is 2.27. The number of sulfonamides is 1. The number of nitrogens with one attached hydrogen (secondary N) is 1. The van der Waals surface area contributed by atoms with E-state index in [2.05, 4.69) is 5.32 Å². The minimum absolute atomic E-state index is 0.0412. The number of aryl methyl sites for hydroxylation is 1. The zero-order valence-electron chi connectivity index (χ0n) is 18.4. The van der Waals surface area contributed by atoms with Crippen molar-refractivity contribution in [1.29, 1.82) is 0 Å². The molecule has 0 saturated carbocycles. The van der Waals surface area contributed by atoms with Crippen LogP contribution >= 0.6 is 0 Å². The van der Waals surface area contributed by atoms with Crippen LogP contribution in [0.25, 0.3) is 0 Å². The van der Waals surface area contributed by atoms with Gasteiger partial charge in [0.05, 0.1) is 10.9 Å². The van der Waals surface area contributed by atoms with E-state index in [0.29, 0.717) is 49.8 Å². The van der Waals surface area contributed by atoms with Crippen LogP contribution in [0.3, 0.4) is 0 Å². The average Bonchev–Trinajstić information content (AvgIpc) is 3.37. The molecule has 172 valence electrons. The third kappa shape index (κ3) is 5.07. The summed E-state index contributed by atoms with van der Waals surface area (Å²) in [4.78, 5) is 12.9. The van der Waals surface area contributed by atoms with Crippen molar-refractivity contribution in [2.45, 2.75) is 50.0 Å². The lowest BCUT2D eigenvalue weighted by Crippen LogP contribution is -2.28. The number of ether oxygens (including phenoxy) is 2. The molecular weight excluding hydrogens is 428 g/mol. The van der Waals surface area contributed by atoms with Crippen LogP contribution in [0.1, 0.15) is 49.8 Å². The van der Waals surface area contributed by atoms with Gasteiger partial charge in [-0.25, -0.2) is 8.42 Å². The molecule has 0 bridgehead atoms. The van der Waals surface area contributed by atoms with E-state index in [4.69, 9.17) is 9.47 Å². The van der Waals surface area contributed by atoms with Gasteiger partial charge in [-0.1, -0.05) is 25.1 Å². The van der Waals surface area contributed by atoms with Crippen molar-refractivity contribution in [2.75, 3.05) is 26.3 Å². The average molecular weight is 459 g/mol. The first-order valence-corrected chi connectivity index (χ1v) is 12.7. The van der Waals surface area contributed by atoms with Gasteiger partial charge >= 0.3 is 0 Å². The molecular formula is C24H30N2O5S. The van der Waals surface area contributed by atoms with Crippen LogP contribution in [0.4, 0.5) is 0 Å². The molecule has 7 nitrogen and oxygen atoms in total. The Balaban J connectivity index is 1.33. The molecule has 8 heteroatoms. The van der Waals surface area contributed by atoms with Gasteiger partial charge in [0.2, 0.25) is 15.9 Å².